The van der Waals surface area contributed by atoms with Crippen molar-refractivity contribution in [1.29, 1.82) is 0 Å². The SMILES string of the molecule is NNc1cc(F)c2[nH]c(=O)cc(Cl)c2c1. The molecule has 0 radical (unpaired) electrons. The first-order chi connectivity index (χ1) is 7.11. The molecule has 0 spiro atoms. The molecule has 2 rings (SSSR count). The number of pyridine rings is 1. The highest BCUT2D eigenvalue weighted by Gasteiger charge is 2.07. The minimum absolute atomic E-state index is 0.0755. The number of anilines is 1. The third-order valence-corrected chi connectivity index (χ3v) is 2.33. The number of fused-ring (bicyclic) bond motifs is 1. The second-order valence-corrected chi connectivity index (χ2v) is 3.41. The van der Waals surface area contributed by atoms with Crippen LogP contribution in [-0.2, 0) is 0 Å². The molecule has 0 saturated heterocycles. The van der Waals surface area contributed by atoms with Gasteiger partial charge in [0.25, 0.3) is 0 Å². The highest BCUT2D eigenvalue weighted by molar-refractivity contribution is 6.35. The number of hydrazine groups is 1. The zero-order valence-corrected chi connectivity index (χ0v) is 8.23. The second kappa shape index (κ2) is 3.52. The lowest BCUT2D eigenvalue weighted by Gasteiger charge is -2.05. The monoisotopic (exact) mass is 227 g/mol. The number of nitrogen functional groups attached to an aromatic ring is 1. The van der Waals surface area contributed by atoms with Crippen LogP contribution >= 0.6 is 11.6 Å². The van der Waals surface area contributed by atoms with Gasteiger partial charge in [0.1, 0.15) is 5.82 Å². The van der Waals surface area contributed by atoms with E-state index in [2.05, 4.69) is 10.4 Å². The number of aromatic amines is 1. The first kappa shape index (κ1) is 9.95. The van der Waals surface area contributed by atoms with Gasteiger partial charge in [-0.25, -0.2) is 4.39 Å². The van der Waals surface area contributed by atoms with Crippen LogP contribution in [-0.4, -0.2) is 4.98 Å². The summed E-state index contributed by atoms with van der Waals surface area (Å²) in [4.78, 5) is 13.4. The fourth-order valence-electron chi connectivity index (χ4n) is 1.36. The highest BCUT2D eigenvalue weighted by atomic mass is 35.5. The van der Waals surface area contributed by atoms with Crippen LogP contribution in [0, 0.1) is 5.82 Å². The molecule has 6 heteroatoms. The molecule has 0 aliphatic heterocycles. The minimum atomic E-state index is -0.583. The van der Waals surface area contributed by atoms with Crippen LogP contribution in [0.3, 0.4) is 0 Å². The molecule has 15 heavy (non-hydrogen) atoms. The lowest BCUT2D eigenvalue weighted by atomic mass is 10.2. The van der Waals surface area contributed by atoms with Gasteiger partial charge in [-0.15, -0.1) is 0 Å². The van der Waals surface area contributed by atoms with Gasteiger partial charge < -0.3 is 10.4 Å². The third-order valence-electron chi connectivity index (χ3n) is 2.02. The number of hydrogen-bond donors (Lipinski definition) is 3. The quantitative estimate of drug-likeness (QED) is 0.512. The van der Waals surface area contributed by atoms with E-state index in [4.69, 9.17) is 17.4 Å². The normalized spacial score (nSPS) is 10.6. The number of halogens is 2. The highest BCUT2D eigenvalue weighted by Crippen LogP contribution is 2.25. The molecule has 0 unspecified atom stereocenters. The Kier molecular flexibility index (Phi) is 2.34. The topological polar surface area (TPSA) is 70.9 Å². The summed E-state index contributed by atoms with van der Waals surface area (Å²) < 4.78 is 13.5. The molecule has 0 aliphatic carbocycles. The number of nitrogens with one attached hydrogen (secondary N) is 2. The maximum absolute atomic E-state index is 13.5. The number of benzene rings is 1. The van der Waals surface area contributed by atoms with Crippen molar-refractivity contribution in [2.45, 2.75) is 0 Å². The van der Waals surface area contributed by atoms with E-state index >= 15 is 0 Å². The summed E-state index contributed by atoms with van der Waals surface area (Å²) in [6.07, 6.45) is 0. The molecule has 1 aromatic carbocycles. The molecule has 4 nitrogen and oxygen atoms in total. The number of hydrogen-bond acceptors (Lipinski definition) is 3. The summed E-state index contributed by atoms with van der Waals surface area (Å²) in [6, 6.07) is 3.91. The van der Waals surface area contributed by atoms with Crippen molar-refractivity contribution in [3.63, 3.8) is 0 Å². The number of aromatic nitrogens is 1. The standard InChI is InChI=1S/C9H7ClFN3O/c10-6-3-8(15)13-9-5(6)1-4(14-12)2-7(9)11/h1-3,14H,12H2,(H,13,15). The number of rotatable bonds is 1. The Bertz CT molecular complexity index is 581. The summed E-state index contributed by atoms with van der Waals surface area (Å²) in [6.45, 7) is 0. The second-order valence-electron chi connectivity index (χ2n) is 3.01. The lowest BCUT2D eigenvalue weighted by molar-refractivity contribution is 0.637. The van der Waals surface area contributed by atoms with E-state index in [1.807, 2.05) is 0 Å². The maximum Gasteiger partial charge on any atom is 0.249 e. The van der Waals surface area contributed by atoms with Crippen LogP contribution in [0.2, 0.25) is 5.02 Å². The van der Waals surface area contributed by atoms with Gasteiger partial charge in [0.05, 0.1) is 16.2 Å². The third kappa shape index (κ3) is 1.67. The van der Waals surface area contributed by atoms with E-state index in [-0.39, 0.29) is 10.5 Å². The average Bonchev–Trinajstić information content (AvgIpc) is 2.19. The van der Waals surface area contributed by atoms with E-state index in [1.54, 1.807) is 6.07 Å². The largest absolute Gasteiger partial charge is 0.324 e. The first-order valence-corrected chi connectivity index (χ1v) is 4.48. The van der Waals surface area contributed by atoms with Crippen LogP contribution in [0.1, 0.15) is 0 Å². The van der Waals surface area contributed by atoms with E-state index in [0.29, 0.717) is 11.1 Å². The summed E-state index contributed by atoms with van der Waals surface area (Å²) in [5, 5.41) is 0.592. The van der Waals surface area contributed by atoms with E-state index in [0.717, 1.165) is 0 Å². The fourth-order valence-corrected chi connectivity index (χ4v) is 1.61. The molecule has 1 aromatic heterocycles. The molecule has 0 saturated carbocycles. The van der Waals surface area contributed by atoms with Gasteiger partial charge in [0, 0.05) is 17.5 Å². The van der Waals surface area contributed by atoms with Crippen LogP contribution in [0.25, 0.3) is 10.9 Å². The zero-order chi connectivity index (χ0) is 11.0. The van der Waals surface area contributed by atoms with Crippen molar-refractivity contribution in [2.24, 2.45) is 5.84 Å². The summed E-state index contributed by atoms with van der Waals surface area (Å²) in [7, 11) is 0. The van der Waals surface area contributed by atoms with Crippen molar-refractivity contribution in [1.82, 2.24) is 4.98 Å². The predicted octanol–water partition coefficient (Wildman–Crippen LogP) is 1.61. The minimum Gasteiger partial charge on any atom is -0.324 e. The Morgan fingerprint density at radius 1 is 1.40 bits per heavy atom. The van der Waals surface area contributed by atoms with Gasteiger partial charge in [-0.1, -0.05) is 11.6 Å². The van der Waals surface area contributed by atoms with E-state index in [1.165, 1.54) is 12.1 Å². The first-order valence-electron chi connectivity index (χ1n) is 4.10. The maximum atomic E-state index is 13.5. The molecule has 0 bridgehead atoms. The van der Waals surface area contributed by atoms with Gasteiger partial charge >= 0.3 is 0 Å². The Morgan fingerprint density at radius 3 is 2.80 bits per heavy atom. The molecule has 0 aliphatic rings. The van der Waals surface area contributed by atoms with E-state index in [9.17, 15) is 9.18 Å². The average molecular weight is 228 g/mol. The molecule has 4 N–H and O–H groups in total. The van der Waals surface area contributed by atoms with Gasteiger partial charge in [-0.3, -0.25) is 10.6 Å². The van der Waals surface area contributed by atoms with Crippen molar-refractivity contribution >= 4 is 28.2 Å². The molecule has 0 atom stereocenters. The van der Waals surface area contributed by atoms with Crippen molar-refractivity contribution in [3.05, 3.63) is 39.4 Å². The molecule has 0 fully saturated rings. The number of H-pyrrole nitrogens is 1. The van der Waals surface area contributed by atoms with Crippen molar-refractivity contribution in [2.75, 3.05) is 5.43 Å². The van der Waals surface area contributed by atoms with Crippen LogP contribution < -0.4 is 16.8 Å². The Morgan fingerprint density at radius 2 is 2.13 bits per heavy atom. The molecular weight excluding hydrogens is 221 g/mol. The summed E-state index contributed by atoms with van der Waals surface area (Å²) >= 11 is 5.81. The lowest BCUT2D eigenvalue weighted by Crippen LogP contribution is -2.09. The van der Waals surface area contributed by atoms with Gasteiger partial charge in [0.2, 0.25) is 5.56 Å². The molecule has 78 valence electrons. The molecule has 0 amide bonds. The summed E-state index contributed by atoms with van der Waals surface area (Å²) in [5.74, 6) is 4.57. The summed E-state index contributed by atoms with van der Waals surface area (Å²) in [5.41, 5.74) is 2.33. The Balaban J connectivity index is 2.91. The fraction of sp³-hybridized carbons (Fsp3) is 0. The van der Waals surface area contributed by atoms with Gasteiger partial charge in [-0.2, -0.15) is 0 Å². The van der Waals surface area contributed by atoms with Crippen LogP contribution in [0.15, 0.2) is 23.0 Å². The van der Waals surface area contributed by atoms with Crippen LogP contribution in [0.5, 0.6) is 0 Å². The smallest absolute Gasteiger partial charge is 0.249 e. The Labute approximate surface area is 88.8 Å². The molecular formula is C9H7ClFN3O. The van der Waals surface area contributed by atoms with Crippen LogP contribution in [0.4, 0.5) is 10.1 Å². The van der Waals surface area contributed by atoms with Crippen molar-refractivity contribution in [3.8, 4) is 0 Å². The molecule has 2 aromatic rings. The van der Waals surface area contributed by atoms with Gasteiger partial charge in [-0.05, 0) is 6.07 Å². The predicted molar refractivity (Wildman–Crippen MR) is 57.3 cm³/mol. The van der Waals surface area contributed by atoms with Crippen molar-refractivity contribution < 1.29 is 4.39 Å². The van der Waals surface area contributed by atoms with Gasteiger partial charge in [0.15, 0.2) is 0 Å². The molecule has 1 heterocycles. The Hall–Kier alpha value is -1.59. The van der Waals surface area contributed by atoms with E-state index < -0.39 is 11.4 Å². The number of nitrogens with two attached hydrogens (primary N) is 1. The zero-order valence-electron chi connectivity index (χ0n) is 7.47.